The number of halogens is 2. The fourth-order valence-corrected chi connectivity index (χ4v) is 3.53. The van der Waals surface area contributed by atoms with Crippen LogP contribution in [0.1, 0.15) is 42.1 Å². The van der Waals surface area contributed by atoms with Crippen molar-refractivity contribution in [3.05, 3.63) is 35.4 Å². The number of amides is 1. The lowest BCUT2D eigenvalue weighted by molar-refractivity contribution is -0.134. The first-order chi connectivity index (χ1) is 13.0. The molecule has 2 aromatic rings. The average Bonchev–Trinajstić information content (AvgIpc) is 3.28. The van der Waals surface area contributed by atoms with Crippen molar-refractivity contribution in [3.63, 3.8) is 0 Å². The monoisotopic (exact) mass is 378 g/mol. The molecule has 3 heterocycles. The van der Waals surface area contributed by atoms with Gasteiger partial charge in [0.2, 0.25) is 5.91 Å². The lowest BCUT2D eigenvalue weighted by Crippen LogP contribution is -2.49. The molecular weight excluding hydrogens is 354 g/mol. The molecule has 146 valence electrons. The van der Waals surface area contributed by atoms with Gasteiger partial charge in [0.05, 0.1) is 11.9 Å². The summed E-state index contributed by atoms with van der Waals surface area (Å²) in [4.78, 5) is 16.6. The van der Waals surface area contributed by atoms with Crippen LogP contribution in [0.25, 0.3) is 0 Å². The van der Waals surface area contributed by atoms with Gasteiger partial charge >= 0.3 is 0 Å². The van der Waals surface area contributed by atoms with E-state index in [1.165, 1.54) is 10.7 Å². The largest absolute Gasteiger partial charge is 0.339 e. The molecule has 1 saturated carbocycles. The average molecular weight is 378 g/mol. The highest BCUT2D eigenvalue weighted by molar-refractivity contribution is 5.76. The van der Waals surface area contributed by atoms with E-state index >= 15 is 0 Å². The summed E-state index contributed by atoms with van der Waals surface area (Å²) in [5.74, 6) is 0.137. The van der Waals surface area contributed by atoms with E-state index in [2.05, 4.69) is 15.1 Å². The smallest absolute Gasteiger partial charge is 0.280 e. The maximum atomic E-state index is 13.3. The first-order valence-electron chi connectivity index (χ1n) is 9.33. The quantitative estimate of drug-likeness (QED) is 0.769. The highest BCUT2D eigenvalue weighted by Crippen LogP contribution is 2.40. The van der Waals surface area contributed by atoms with E-state index in [-0.39, 0.29) is 24.1 Å². The topological polar surface area (TPSA) is 59.2 Å². The second-order valence-corrected chi connectivity index (χ2v) is 7.41. The Hall–Kier alpha value is -2.29. The van der Waals surface area contributed by atoms with E-state index in [0.29, 0.717) is 18.8 Å². The lowest BCUT2D eigenvalue weighted by atomic mass is 10.2. The van der Waals surface area contributed by atoms with Crippen LogP contribution < -0.4 is 0 Å². The Morgan fingerprint density at radius 2 is 2.00 bits per heavy atom. The van der Waals surface area contributed by atoms with Crippen molar-refractivity contribution in [3.8, 4) is 0 Å². The molecule has 0 atom stereocenters. The zero-order valence-electron chi connectivity index (χ0n) is 15.4. The number of carbonyl (C=O) groups is 1. The highest BCUT2D eigenvalue weighted by Gasteiger charge is 2.30. The molecule has 0 unspecified atom stereocenters. The van der Waals surface area contributed by atoms with Gasteiger partial charge in [-0.3, -0.25) is 19.1 Å². The lowest BCUT2D eigenvalue weighted by Gasteiger charge is -2.34. The third-order valence-electron chi connectivity index (χ3n) is 5.22. The van der Waals surface area contributed by atoms with Crippen molar-refractivity contribution >= 4 is 5.91 Å². The van der Waals surface area contributed by atoms with Gasteiger partial charge in [-0.15, -0.1) is 0 Å². The number of alkyl halides is 2. The highest BCUT2D eigenvalue weighted by atomic mass is 19.3. The van der Waals surface area contributed by atoms with Crippen LogP contribution in [0.3, 0.4) is 0 Å². The van der Waals surface area contributed by atoms with Crippen LogP contribution in [0.5, 0.6) is 0 Å². The van der Waals surface area contributed by atoms with E-state index in [1.54, 1.807) is 9.58 Å². The Kier molecular flexibility index (Phi) is 4.94. The second-order valence-electron chi connectivity index (χ2n) is 7.41. The van der Waals surface area contributed by atoms with Crippen molar-refractivity contribution in [1.29, 1.82) is 0 Å². The fraction of sp³-hybridized carbons (Fsp3) is 0.611. The Labute approximate surface area is 156 Å². The minimum atomic E-state index is -2.62. The molecule has 2 aliphatic rings. The molecule has 0 radical (unpaired) electrons. The van der Waals surface area contributed by atoms with Crippen LogP contribution in [0.4, 0.5) is 8.78 Å². The van der Waals surface area contributed by atoms with Crippen molar-refractivity contribution < 1.29 is 13.6 Å². The van der Waals surface area contributed by atoms with E-state index in [9.17, 15) is 13.6 Å². The normalized spacial score (nSPS) is 18.4. The number of hydrogen-bond acceptors (Lipinski definition) is 4. The number of aryl methyl sites for hydroxylation is 1. The van der Waals surface area contributed by atoms with Gasteiger partial charge in [-0.05, 0) is 18.9 Å². The van der Waals surface area contributed by atoms with E-state index < -0.39 is 6.43 Å². The summed E-state index contributed by atoms with van der Waals surface area (Å²) >= 11 is 0. The predicted molar refractivity (Wildman–Crippen MR) is 94.2 cm³/mol. The molecule has 0 spiro atoms. The number of hydrogen-bond donors (Lipinski definition) is 0. The summed E-state index contributed by atoms with van der Waals surface area (Å²) in [7, 11) is 1.89. The van der Waals surface area contributed by atoms with Gasteiger partial charge in [0, 0.05) is 57.4 Å². The van der Waals surface area contributed by atoms with Crippen LogP contribution in [0.15, 0.2) is 18.5 Å². The molecule has 0 N–H and O–H groups in total. The third kappa shape index (κ3) is 4.18. The third-order valence-corrected chi connectivity index (χ3v) is 5.22. The number of piperazine rings is 1. The molecule has 2 aromatic heterocycles. The Morgan fingerprint density at radius 1 is 1.26 bits per heavy atom. The SMILES string of the molecule is Cn1cc(CN2CCN(C(=O)Cn3nc(C4CC4)cc3C(F)F)CC2)cn1. The van der Waals surface area contributed by atoms with E-state index in [1.807, 2.05) is 19.4 Å². The molecule has 2 fully saturated rings. The Morgan fingerprint density at radius 3 is 2.59 bits per heavy atom. The molecule has 4 rings (SSSR count). The summed E-state index contributed by atoms with van der Waals surface area (Å²) in [5.41, 5.74) is 1.68. The summed E-state index contributed by atoms with van der Waals surface area (Å²) in [6, 6.07) is 1.46. The van der Waals surface area contributed by atoms with Crippen LogP contribution >= 0.6 is 0 Å². The number of aromatic nitrogens is 4. The Balaban J connectivity index is 1.33. The summed E-state index contributed by atoms with van der Waals surface area (Å²) in [5, 5.41) is 8.44. The van der Waals surface area contributed by atoms with Gasteiger partial charge in [0.15, 0.2) is 0 Å². The van der Waals surface area contributed by atoms with Crippen molar-refractivity contribution in [2.24, 2.45) is 7.05 Å². The van der Waals surface area contributed by atoms with Crippen LogP contribution in [0, 0.1) is 0 Å². The van der Waals surface area contributed by atoms with Crippen LogP contribution in [0.2, 0.25) is 0 Å². The minimum absolute atomic E-state index is 0.116. The molecule has 27 heavy (non-hydrogen) atoms. The zero-order chi connectivity index (χ0) is 19.0. The Bertz CT molecular complexity index is 805. The van der Waals surface area contributed by atoms with Crippen molar-refractivity contribution in [1.82, 2.24) is 29.4 Å². The van der Waals surface area contributed by atoms with Crippen molar-refractivity contribution in [2.45, 2.75) is 38.3 Å². The van der Waals surface area contributed by atoms with Gasteiger partial charge in [0.25, 0.3) is 6.43 Å². The zero-order valence-corrected chi connectivity index (χ0v) is 15.4. The molecule has 1 amide bonds. The first kappa shape index (κ1) is 18.1. The van der Waals surface area contributed by atoms with Gasteiger partial charge in [-0.1, -0.05) is 0 Å². The molecule has 7 nitrogen and oxygen atoms in total. The summed E-state index contributed by atoms with van der Waals surface area (Å²) in [6.07, 6.45) is 3.20. The summed E-state index contributed by atoms with van der Waals surface area (Å²) in [6.45, 7) is 3.40. The molecular formula is C18H24F2N6O. The van der Waals surface area contributed by atoms with Crippen molar-refractivity contribution in [2.75, 3.05) is 26.2 Å². The first-order valence-corrected chi connectivity index (χ1v) is 9.33. The van der Waals surface area contributed by atoms with Gasteiger partial charge in [-0.25, -0.2) is 8.78 Å². The minimum Gasteiger partial charge on any atom is -0.339 e. The van der Waals surface area contributed by atoms with Gasteiger partial charge in [-0.2, -0.15) is 10.2 Å². The van der Waals surface area contributed by atoms with E-state index in [4.69, 9.17) is 0 Å². The standard InChI is InChI=1S/C18H24F2N6O/c1-23-10-13(9-21-23)11-24-4-6-25(7-5-24)17(27)12-26-16(18(19)20)8-15(22-26)14-2-3-14/h8-10,14,18H,2-7,11-12H2,1H3. The fourth-order valence-electron chi connectivity index (χ4n) is 3.53. The number of carbonyl (C=O) groups excluding carboxylic acids is 1. The maximum Gasteiger partial charge on any atom is 0.280 e. The predicted octanol–water partition coefficient (Wildman–Crippen LogP) is 1.78. The summed E-state index contributed by atoms with van der Waals surface area (Å²) < 4.78 is 29.5. The maximum absolute atomic E-state index is 13.3. The second kappa shape index (κ2) is 7.38. The molecule has 1 saturated heterocycles. The number of rotatable bonds is 6. The number of nitrogens with zero attached hydrogens (tertiary/aromatic N) is 6. The van der Waals surface area contributed by atoms with Crippen LogP contribution in [-0.2, 0) is 24.9 Å². The van der Waals surface area contributed by atoms with Gasteiger partial charge in [0.1, 0.15) is 12.2 Å². The van der Waals surface area contributed by atoms with E-state index in [0.717, 1.165) is 38.0 Å². The van der Waals surface area contributed by atoms with Crippen LogP contribution in [-0.4, -0.2) is 61.4 Å². The molecule has 1 aliphatic heterocycles. The van der Waals surface area contributed by atoms with Gasteiger partial charge < -0.3 is 4.90 Å². The molecule has 0 bridgehead atoms. The molecule has 9 heteroatoms. The molecule has 0 aromatic carbocycles. The molecule has 1 aliphatic carbocycles.